The number of unbranched alkanes of at least 4 members (excludes halogenated alkanes) is 15. The fraction of sp³-hybridized carbons (Fsp3) is 0.868. The Morgan fingerprint density at radius 3 is 1.94 bits per heavy atom. The maximum Gasteiger partial charge on any atom is 0.472 e. The van der Waals surface area contributed by atoms with Gasteiger partial charge in [-0.05, 0) is 18.4 Å². The summed E-state index contributed by atoms with van der Waals surface area (Å²) >= 11 is 0. The van der Waals surface area contributed by atoms with Crippen LogP contribution in [0.1, 0.15) is 149 Å². The molecule has 3 saturated heterocycles. The topological polar surface area (TPSA) is 91.3 Å². The molecule has 3 atom stereocenters. The molecule has 2 bridgehead atoms. The summed E-state index contributed by atoms with van der Waals surface area (Å²) in [6.45, 7) is 9.74. The largest absolute Gasteiger partial charge is 0.472 e. The van der Waals surface area contributed by atoms with Crippen LogP contribution in [0.2, 0.25) is 0 Å². The minimum absolute atomic E-state index is 0.0746. The summed E-state index contributed by atoms with van der Waals surface area (Å²) in [4.78, 5) is 22.1. The molecule has 1 N–H and O–H groups in total. The third-order valence-electron chi connectivity index (χ3n) is 10.6. The summed E-state index contributed by atoms with van der Waals surface area (Å²) in [5.74, 6) is 0.411. The van der Waals surface area contributed by atoms with Crippen molar-refractivity contribution in [2.45, 2.75) is 155 Å². The highest BCUT2D eigenvalue weighted by Crippen LogP contribution is 2.48. The van der Waals surface area contributed by atoms with Crippen LogP contribution in [0.4, 0.5) is 0 Å². The predicted molar refractivity (Wildman–Crippen MR) is 190 cm³/mol. The molecule has 9 heteroatoms. The van der Waals surface area contributed by atoms with Crippen molar-refractivity contribution in [2.24, 2.45) is 11.3 Å². The number of rotatable bonds is 27. The van der Waals surface area contributed by atoms with E-state index in [2.05, 4.69) is 32.1 Å². The molecule has 4 rings (SSSR count). The summed E-state index contributed by atoms with van der Waals surface area (Å²) in [5.41, 5.74) is 1.01. The molecule has 0 aromatic rings. The van der Waals surface area contributed by atoms with E-state index in [0.29, 0.717) is 6.61 Å². The monoisotopic (exact) mass is 682 g/mol. The molecule has 272 valence electrons. The van der Waals surface area contributed by atoms with Crippen molar-refractivity contribution >= 4 is 13.8 Å². The van der Waals surface area contributed by atoms with Crippen molar-refractivity contribution in [1.29, 1.82) is 0 Å². The minimum Gasteiger partial charge on any atom is -0.458 e. The highest BCUT2D eigenvalue weighted by molar-refractivity contribution is 7.47. The molecular formula is C38H69NO7P+. The van der Waals surface area contributed by atoms with Gasteiger partial charge in [-0.3, -0.25) is 18.3 Å². The van der Waals surface area contributed by atoms with Crippen LogP contribution in [0.5, 0.6) is 0 Å². The molecule has 4 aliphatic rings. The Labute approximate surface area is 287 Å². The maximum absolute atomic E-state index is 12.8. The third-order valence-corrected chi connectivity index (χ3v) is 11.6. The first-order valence-corrected chi connectivity index (χ1v) is 20.8. The van der Waals surface area contributed by atoms with Gasteiger partial charge < -0.3 is 14.4 Å². The van der Waals surface area contributed by atoms with Gasteiger partial charge >= 0.3 is 13.8 Å². The van der Waals surface area contributed by atoms with E-state index < -0.39 is 25.3 Å². The number of carbonyl (C=O) groups excluding carboxylic acids is 1. The number of piperidine rings is 3. The number of nitrogens with zero attached hydrogens (tertiary/aromatic N) is 1. The Kier molecular flexibility index (Phi) is 18.9. The number of hydrogen-bond acceptors (Lipinski definition) is 6. The number of esters is 1. The fourth-order valence-corrected chi connectivity index (χ4v) is 8.49. The van der Waals surface area contributed by atoms with E-state index >= 15 is 0 Å². The second-order valence-corrected chi connectivity index (χ2v) is 16.5. The minimum atomic E-state index is -4.35. The number of hydrogen-bond donors (Lipinski definition) is 1. The Bertz CT molecular complexity index is 979. The van der Waals surface area contributed by atoms with Crippen LogP contribution in [-0.2, 0) is 27.9 Å². The summed E-state index contributed by atoms with van der Waals surface area (Å²) in [6, 6.07) is 0. The van der Waals surface area contributed by atoms with Gasteiger partial charge in [0.1, 0.15) is 11.8 Å². The van der Waals surface area contributed by atoms with Gasteiger partial charge in [0.25, 0.3) is 0 Å². The van der Waals surface area contributed by atoms with Gasteiger partial charge in [0.2, 0.25) is 0 Å². The molecule has 0 aromatic carbocycles. The molecule has 0 spiro atoms. The first-order chi connectivity index (χ1) is 22.7. The average molecular weight is 683 g/mol. The standard InChI is InChI=1S/C38H68NO7P/c1-4-5-6-7-8-9-10-11-12-13-14-15-16-17-18-19-29-43-31-37(46-34(2)40)32-44-47(41,42)45-33-38(3)25-20-21-36(30-38)39-26-22-35(23-27-39)24-28-39/h20-21,25,35,37H,4-19,22-24,26-33H2,1-3H3/p+1. The van der Waals surface area contributed by atoms with Gasteiger partial charge in [-0.25, -0.2) is 4.57 Å². The van der Waals surface area contributed by atoms with Crippen molar-refractivity contribution in [2.75, 3.05) is 46.1 Å². The predicted octanol–water partition coefficient (Wildman–Crippen LogP) is 9.81. The Balaban J connectivity index is 1.22. The van der Waals surface area contributed by atoms with Crippen molar-refractivity contribution in [3.8, 4) is 0 Å². The van der Waals surface area contributed by atoms with E-state index in [4.69, 9.17) is 18.5 Å². The maximum atomic E-state index is 12.8. The lowest BCUT2D eigenvalue weighted by atomic mass is 9.79. The highest BCUT2D eigenvalue weighted by Gasteiger charge is 2.45. The molecule has 3 heterocycles. The van der Waals surface area contributed by atoms with Gasteiger partial charge in [-0.15, -0.1) is 0 Å². The van der Waals surface area contributed by atoms with Gasteiger partial charge in [0.15, 0.2) is 0 Å². The SMILES string of the molecule is CCCCCCCCCCCCCCCCCCOCC(COP(=O)(O)OCC1(C)C=CC=C([N+]23CCC(CC2)CC3)C1)OC(C)=O. The molecule has 0 radical (unpaired) electrons. The number of allylic oxidation sites excluding steroid dienone is 3. The number of ether oxygens (including phenoxy) is 2. The van der Waals surface area contributed by atoms with Crippen LogP contribution in [0.3, 0.4) is 0 Å². The zero-order valence-electron chi connectivity index (χ0n) is 30.3. The lowest BCUT2D eigenvalue weighted by molar-refractivity contribution is -0.909. The van der Waals surface area contributed by atoms with E-state index in [1.54, 1.807) is 0 Å². The molecule has 47 heavy (non-hydrogen) atoms. The normalized spacial score (nSPS) is 25.8. The quantitative estimate of drug-likeness (QED) is 0.0399. The number of quaternary nitrogens is 1. The molecule has 3 unspecified atom stereocenters. The smallest absolute Gasteiger partial charge is 0.458 e. The lowest BCUT2D eigenvalue weighted by Crippen LogP contribution is -2.58. The van der Waals surface area contributed by atoms with E-state index in [1.807, 2.05) is 0 Å². The zero-order valence-corrected chi connectivity index (χ0v) is 31.2. The van der Waals surface area contributed by atoms with E-state index in [1.165, 1.54) is 141 Å². The summed E-state index contributed by atoms with van der Waals surface area (Å²) < 4.78 is 35.8. The van der Waals surface area contributed by atoms with E-state index in [-0.39, 0.29) is 19.8 Å². The highest BCUT2D eigenvalue weighted by atomic mass is 31.2. The Hall–Kier alpha value is -1.02. The van der Waals surface area contributed by atoms with Gasteiger partial charge in [-0.1, -0.05) is 122 Å². The lowest BCUT2D eigenvalue weighted by Gasteiger charge is -2.51. The molecule has 3 aliphatic heterocycles. The van der Waals surface area contributed by atoms with Crippen LogP contribution in [-0.4, -0.2) is 67.5 Å². The second-order valence-electron chi connectivity index (χ2n) is 15.0. The second kappa shape index (κ2) is 21.9. The molecule has 0 aromatic heterocycles. The molecule has 0 saturated carbocycles. The van der Waals surface area contributed by atoms with Crippen molar-refractivity contribution in [3.05, 3.63) is 23.9 Å². The van der Waals surface area contributed by atoms with Gasteiger partial charge in [0.05, 0.1) is 39.5 Å². The van der Waals surface area contributed by atoms with Gasteiger partial charge in [-0.2, -0.15) is 0 Å². The average Bonchev–Trinajstić information content (AvgIpc) is 3.06. The number of phosphoric ester groups is 1. The van der Waals surface area contributed by atoms with Crippen molar-refractivity contribution in [1.82, 2.24) is 0 Å². The summed E-state index contributed by atoms with van der Waals surface area (Å²) in [6.07, 6.45) is 31.4. The Morgan fingerprint density at radius 1 is 0.872 bits per heavy atom. The molecule has 8 nitrogen and oxygen atoms in total. The molecular weight excluding hydrogens is 613 g/mol. The summed E-state index contributed by atoms with van der Waals surface area (Å²) in [7, 11) is -4.35. The van der Waals surface area contributed by atoms with Gasteiger partial charge in [0, 0.05) is 44.6 Å². The Morgan fingerprint density at radius 2 is 1.40 bits per heavy atom. The summed E-state index contributed by atoms with van der Waals surface area (Å²) in [5, 5.41) is 0. The van der Waals surface area contributed by atoms with Crippen molar-refractivity contribution in [3.63, 3.8) is 0 Å². The van der Waals surface area contributed by atoms with Crippen LogP contribution in [0.15, 0.2) is 23.9 Å². The molecule has 0 amide bonds. The third kappa shape index (κ3) is 16.0. The van der Waals surface area contributed by atoms with Crippen LogP contribution >= 0.6 is 7.82 Å². The number of carbonyl (C=O) groups is 1. The van der Waals surface area contributed by atoms with Crippen molar-refractivity contribution < 1.29 is 37.3 Å². The first-order valence-electron chi connectivity index (χ1n) is 19.3. The van der Waals surface area contributed by atoms with Crippen LogP contribution in [0.25, 0.3) is 0 Å². The van der Waals surface area contributed by atoms with Crippen LogP contribution < -0.4 is 0 Å². The molecule has 1 aliphatic carbocycles. The van der Waals surface area contributed by atoms with E-state index in [9.17, 15) is 14.3 Å². The number of phosphoric acid groups is 1. The first kappa shape index (κ1) is 40.4. The molecule has 3 fully saturated rings. The van der Waals surface area contributed by atoms with Crippen LogP contribution in [0, 0.1) is 11.3 Å². The number of fused-ring (bicyclic) bond motifs is 3. The zero-order chi connectivity index (χ0) is 33.9. The fourth-order valence-electron chi connectivity index (χ4n) is 7.60. The van der Waals surface area contributed by atoms with E-state index in [0.717, 1.165) is 29.7 Å².